The van der Waals surface area contributed by atoms with Crippen molar-refractivity contribution < 1.29 is 18.7 Å². The van der Waals surface area contributed by atoms with Gasteiger partial charge in [-0.1, -0.05) is 46.8 Å². The number of hydrogen-bond donors (Lipinski definition) is 0. The fourth-order valence-electron chi connectivity index (χ4n) is 2.59. The first-order valence-corrected chi connectivity index (χ1v) is 13.2. The first-order chi connectivity index (χ1) is 12.9. The Bertz CT molecular complexity index is 600. The van der Waals surface area contributed by atoms with Crippen LogP contribution in [0.15, 0.2) is 24.3 Å². The van der Waals surface area contributed by atoms with Gasteiger partial charge in [-0.15, -0.1) is 0 Å². The van der Waals surface area contributed by atoms with Crippen LogP contribution < -0.4 is 4.74 Å². The molecule has 0 unspecified atom stereocenters. The Balaban J connectivity index is 2.27. The van der Waals surface area contributed by atoms with E-state index in [9.17, 15) is 4.79 Å². The summed E-state index contributed by atoms with van der Waals surface area (Å²) in [6, 6.07) is 7.57. The number of rotatable bonds is 11. The topological polar surface area (TPSA) is 44.8 Å². The summed E-state index contributed by atoms with van der Waals surface area (Å²) in [7, 11) is -0.0499. The number of benzene rings is 1. The lowest BCUT2D eigenvalue weighted by Gasteiger charge is -2.37. The summed E-state index contributed by atoms with van der Waals surface area (Å²) in [5.74, 6) is 0.666. The van der Waals surface area contributed by atoms with Gasteiger partial charge in [-0.05, 0) is 60.5 Å². The van der Waals surface area contributed by atoms with E-state index in [1.807, 2.05) is 24.3 Å². The molecule has 160 valence electrons. The van der Waals surface area contributed by atoms with Gasteiger partial charge in [0.2, 0.25) is 0 Å². The monoisotopic (exact) mass is 408 g/mol. The van der Waals surface area contributed by atoms with Gasteiger partial charge in [0.15, 0.2) is 8.32 Å². The number of carbonyl (C=O) groups is 1. The van der Waals surface area contributed by atoms with Crippen molar-refractivity contribution in [3.8, 4) is 5.75 Å². The molecule has 0 aliphatic carbocycles. The summed E-state index contributed by atoms with van der Waals surface area (Å²) in [5.41, 5.74) is 1.13. The maximum absolute atomic E-state index is 12.0. The summed E-state index contributed by atoms with van der Waals surface area (Å²) in [6.45, 7) is 17.0. The molecule has 0 aromatic heterocycles. The van der Waals surface area contributed by atoms with Gasteiger partial charge < -0.3 is 13.9 Å². The lowest BCUT2D eigenvalue weighted by atomic mass is 9.84. The normalized spacial score (nSPS) is 12.7. The van der Waals surface area contributed by atoms with Crippen molar-refractivity contribution in [3.05, 3.63) is 29.8 Å². The summed E-state index contributed by atoms with van der Waals surface area (Å²) >= 11 is 0. The van der Waals surface area contributed by atoms with E-state index in [1.165, 1.54) is 0 Å². The molecule has 4 nitrogen and oxygen atoms in total. The standard InChI is InChI=1S/C23H40O4Si/c1-22(2,3)28(7,8)27-17-16-23(4,5)15-9-10-21(24)26-18-19-11-13-20(25-6)14-12-19/h11-14H,9-10,15-18H2,1-8H3. The maximum atomic E-state index is 12.0. The molecular weight excluding hydrogens is 368 g/mol. The van der Waals surface area contributed by atoms with Crippen LogP contribution in [0, 0.1) is 5.41 Å². The lowest BCUT2D eigenvalue weighted by molar-refractivity contribution is -0.145. The Morgan fingerprint density at radius 2 is 1.61 bits per heavy atom. The predicted octanol–water partition coefficient (Wildman–Crippen LogP) is 6.35. The van der Waals surface area contributed by atoms with E-state index in [2.05, 4.69) is 47.7 Å². The van der Waals surface area contributed by atoms with Gasteiger partial charge in [-0.3, -0.25) is 4.79 Å². The Morgan fingerprint density at radius 1 is 1.00 bits per heavy atom. The molecule has 0 heterocycles. The highest BCUT2D eigenvalue weighted by Crippen LogP contribution is 2.37. The van der Waals surface area contributed by atoms with Gasteiger partial charge in [0, 0.05) is 13.0 Å². The van der Waals surface area contributed by atoms with Crippen molar-refractivity contribution >= 4 is 14.3 Å². The first-order valence-electron chi connectivity index (χ1n) is 10.3. The molecule has 28 heavy (non-hydrogen) atoms. The third kappa shape index (κ3) is 8.78. The van der Waals surface area contributed by atoms with Gasteiger partial charge in [-0.25, -0.2) is 0 Å². The molecule has 0 bridgehead atoms. The van der Waals surface area contributed by atoms with E-state index >= 15 is 0 Å². The van der Waals surface area contributed by atoms with Gasteiger partial charge in [0.1, 0.15) is 12.4 Å². The Kier molecular flexibility index (Phi) is 9.22. The Hall–Kier alpha value is -1.33. The van der Waals surface area contributed by atoms with E-state index in [-0.39, 0.29) is 16.4 Å². The minimum absolute atomic E-state index is 0.135. The highest BCUT2D eigenvalue weighted by molar-refractivity contribution is 6.74. The van der Waals surface area contributed by atoms with E-state index in [0.29, 0.717) is 13.0 Å². The van der Waals surface area contributed by atoms with Crippen LogP contribution in [0.4, 0.5) is 0 Å². The van der Waals surface area contributed by atoms with Crippen molar-refractivity contribution in [2.45, 2.75) is 85.0 Å². The third-order valence-corrected chi connectivity index (χ3v) is 10.4. The van der Waals surface area contributed by atoms with Crippen LogP contribution in [0.1, 0.15) is 65.9 Å². The van der Waals surface area contributed by atoms with Gasteiger partial charge in [0.05, 0.1) is 7.11 Å². The smallest absolute Gasteiger partial charge is 0.306 e. The van der Waals surface area contributed by atoms with Crippen LogP contribution in [0.2, 0.25) is 18.1 Å². The highest BCUT2D eigenvalue weighted by Gasteiger charge is 2.37. The molecular formula is C23H40O4Si. The third-order valence-electron chi connectivity index (χ3n) is 5.84. The zero-order chi connectivity index (χ0) is 21.4. The minimum Gasteiger partial charge on any atom is -0.497 e. The van der Waals surface area contributed by atoms with Crippen LogP contribution in [0.3, 0.4) is 0 Å². The fraction of sp³-hybridized carbons (Fsp3) is 0.696. The molecule has 0 amide bonds. The van der Waals surface area contributed by atoms with Crippen molar-refractivity contribution in [3.63, 3.8) is 0 Å². The van der Waals surface area contributed by atoms with Gasteiger partial charge in [0.25, 0.3) is 0 Å². The Morgan fingerprint density at radius 3 is 2.14 bits per heavy atom. The second-order valence-corrected chi connectivity index (χ2v) is 14.7. The average molecular weight is 409 g/mol. The second kappa shape index (κ2) is 10.4. The Labute approximate surface area is 173 Å². The summed E-state index contributed by atoms with van der Waals surface area (Å²) in [5, 5.41) is 0.241. The molecule has 0 saturated heterocycles. The van der Waals surface area contributed by atoms with Crippen LogP contribution in [0.25, 0.3) is 0 Å². The first kappa shape index (κ1) is 24.7. The van der Waals surface area contributed by atoms with Crippen LogP contribution >= 0.6 is 0 Å². The molecule has 0 radical (unpaired) electrons. The molecule has 0 aliphatic rings. The quantitative estimate of drug-likeness (QED) is 0.316. The SMILES string of the molecule is COc1ccc(COC(=O)CCCC(C)(C)CCO[Si](C)(C)C(C)(C)C)cc1. The molecule has 0 atom stereocenters. The average Bonchev–Trinajstić information content (AvgIpc) is 2.59. The molecule has 1 aromatic rings. The van der Waals surface area contributed by atoms with E-state index in [0.717, 1.165) is 37.2 Å². The molecule has 0 N–H and O–H groups in total. The number of ether oxygens (including phenoxy) is 2. The zero-order valence-corrected chi connectivity index (χ0v) is 20.2. The largest absolute Gasteiger partial charge is 0.497 e. The van der Waals surface area contributed by atoms with Gasteiger partial charge >= 0.3 is 5.97 Å². The molecule has 1 aromatic carbocycles. The van der Waals surface area contributed by atoms with Gasteiger partial charge in [-0.2, -0.15) is 0 Å². The lowest BCUT2D eigenvalue weighted by Crippen LogP contribution is -2.41. The predicted molar refractivity (Wildman–Crippen MR) is 118 cm³/mol. The number of hydrogen-bond acceptors (Lipinski definition) is 4. The molecule has 0 fully saturated rings. The summed E-state index contributed by atoms with van der Waals surface area (Å²) in [4.78, 5) is 12.0. The van der Waals surface area contributed by atoms with Crippen LogP contribution in [0.5, 0.6) is 5.75 Å². The minimum atomic E-state index is -1.68. The van der Waals surface area contributed by atoms with Crippen molar-refractivity contribution in [2.24, 2.45) is 5.41 Å². The van der Waals surface area contributed by atoms with E-state index < -0.39 is 8.32 Å². The summed E-state index contributed by atoms with van der Waals surface area (Å²) < 4.78 is 16.8. The van der Waals surface area contributed by atoms with Crippen LogP contribution in [-0.2, 0) is 20.6 Å². The summed E-state index contributed by atoms with van der Waals surface area (Å²) in [6.07, 6.45) is 3.31. The molecule has 1 rings (SSSR count). The molecule has 0 saturated carbocycles. The van der Waals surface area contributed by atoms with Crippen molar-refractivity contribution in [2.75, 3.05) is 13.7 Å². The second-order valence-electron chi connectivity index (χ2n) is 9.89. The molecule has 0 aliphatic heterocycles. The number of esters is 1. The number of methoxy groups -OCH3 is 1. The van der Waals surface area contributed by atoms with Crippen LogP contribution in [-0.4, -0.2) is 28.0 Å². The molecule has 0 spiro atoms. The maximum Gasteiger partial charge on any atom is 0.306 e. The zero-order valence-electron chi connectivity index (χ0n) is 19.2. The van der Waals surface area contributed by atoms with E-state index in [1.54, 1.807) is 7.11 Å². The fourth-order valence-corrected chi connectivity index (χ4v) is 3.64. The number of carbonyl (C=O) groups excluding carboxylic acids is 1. The van der Waals surface area contributed by atoms with Crippen molar-refractivity contribution in [1.82, 2.24) is 0 Å². The van der Waals surface area contributed by atoms with E-state index in [4.69, 9.17) is 13.9 Å². The van der Waals surface area contributed by atoms with Crippen molar-refractivity contribution in [1.29, 1.82) is 0 Å². The highest BCUT2D eigenvalue weighted by atomic mass is 28.4. The molecule has 5 heteroatoms.